The number of halogens is 4. The van der Waals surface area contributed by atoms with Gasteiger partial charge in [0.1, 0.15) is 5.82 Å². The highest BCUT2D eigenvalue weighted by Gasteiger charge is 2.33. The predicted octanol–water partition coefficient (Wildman–Crippen LogP) is 2.40. The van der Waals surface area contributed by atoms with Gasteiger partial charge in [-0.1, -0.05) is 11.2 Å². The second kappa shape index (κ2) is 7.28. The molecular weight excluding hydrogens is 330 g/mol. The van der Waals surface area contributed by atoms with E-state index in [0.717, 1.165) is 12.1 Å². The summed E-state index contributed by atoms with van der Waals surface area (Å²) in [5.74, 6) is 0.0766. The van der Waals surface area contributed by atoms with Gasteiger partial charge >= 0.3 is 6.18 Å². The molecule has 10 heteroatoms. The number of hydrogen-bond acceptors (Lipinski definition) is 4. The van der Waals surface area contributed by atoms with Gasteiger partial charge in [0.15, 0.2) is 11.8 Å². The lowest BCUT2D eigenvalue weighted by Crippen LogP contribution is -2.36. The molecule has 0 fully saturated rings. The van der Waals surface area contributed by atoms with Gasteiger partial charge in [-0.2, -0.15) is 18.2 Å². The van der Waals surface area contributed by atoms with Crippen molar-refractivity contribution in [3.05, 3.63) is 46.9 Å². The first-order chi connectivity index (χ1) is 11.3. The first-order valence-electron chi connectivity index (χ1n) is 6.89. The summed E-state index contributed by atoms with van der Waals surface area (Å²) >= 11 is 0. The van der Waals surface area contributed by atoms with Crippen LogP contribution in [-0.2, 0) is 19.3 Å². The van der Waals surface area contributed by atoms with Crippen LogP contribution >= 0.6 is 0 Å². The average Bonchev–Trinajstić information content (AvgIpc) is 2.93. The maximum Gasteiger partial charge on any atom is 0.416 e. The third kappa shape index (κ3) is 4.67. The van der Waals surface area contributed by atoms with E-state index in [0.29, 0.717) is 17.8 Å². The Morgan fingerprint density at radius 1 is 1.25 bits per heavy atom. The normalized spacial score (nSPS) is 12.3. The molecule has 24 heavy (non-hydrogen) atoms. The first kappa shape index (κ1) is 17.7. The number of aryl methyl sites for hydroxylation is 1. The Bertz CT molecular complexity index is 726. The smallest absolute Gasteiger partial charge is 0.352 e. The van der Waals surface area contributed by atoms with E-state index < -0.39 is 17.6 Å². The van der Waals surface area contributed by atoms with Gasteiger partial charge in [-0.3, -0.25) is 4.99 Å². The summed E-state index contributed by atoms with van der Waals surface area (Å²) in [7, 11) is 1.46. The number of benzene rings is 1. The summed E-state index contributed by atoms with van der Waals surface area (Å²) in [5, 5.41) is 9.16. The Morgan fingerprint density at radius 3 is 2.54 bits per heavy atom. The van der Waals surface area contributed by atoms with Crippen molar-refractivity contribution in [2.45, 2.75) is 26.2 Å². The van der Waals surface area contributed by atoms with Crippen LogP contribution in [0.4, 0.5) is 17.6 Å². The van der Waals surface area contributed by atoms with Crippen molar-refractivity contribution in [3.8, 4) is 0 Å². The second-order valence-electron chi connectivity index (χ2n) is 4.81. The molecule has 2 N–H and O–H groups in total. The summed E-state index contributed by atoms with van der Waals surface area (Å²) in [6.07, 6.45) is -4.64. The van der Waals surface area contributed by atoms with Crippen molar-refractivity contribution in [2.24, 2.45) is 4.99 Å². The maximum atomic E-state index is 13.1. The Hall–Kier alpha value is -2.65. The molecule has 0 spiro atoms. The number of nitrogens with zero attached hydrogens (tertiary/aromatic N) is 3. The van der Waals surface area contributed by atoms with Crippen LogP contribution in [0, 0.1) is 12.7 Å². The fourth-order valence-electron chi connectivity index (χ4n) is 1.94. The fraction of sp³-hybridized carbons (Fsp3) is 0.357. The van der Waals surface area contributed by atoms with Crippen molar-refractivity contribution in [2.75, 3.05) is 7.05 Å². The Balaban J connectivity index is 2.01. The third-order valence-electron chi connectivity index (χ3n) is 3.02. The van der Waals surface area contributed by atoms with Gasteiger partial charge in [0.25, 0.3) is 0 Å². The molecule has 0 unspecified atom stereocenters. The van der Waals surface area contributed by atoms with Gasteiger partial charge in [0.05, 0.1) is 12.1 Å². The molecule has 0 radical (unpaired) electrons. The molecule has 6 nitrogen and oxygen atoms in total. The Morgan fingerprint density at radius 2 is 1.96 bits per heavy atom. The van der Waals surface area contributed by atoms with E-state index in [2.05, 4.69) is 25.8 Å². The molecule has 2 aromatic rings. The molecule has 0 aliphatic heterocycles. The zero-order chi connectivity index (χ0) is 17.7. The van der Waals surface area contributed by atoms with Gasteiger partial charge in [-0.15, -0.1) is 0 Å². The Kier molecular flexibility index (Phi) is 5.37. The zero-order valence-electron chi connectivity index (χ0n) is 12.9. The molecule has 1 aromatic heterocycles. The summed E-state index contributed by atoms with van der Waals surface area (Å²) in [4.78, 5) is 7.86. The van der Waals surface area contributed by atoms with Crippen molar-refractivity contribution < 1.29 is 22.1 Å². The summed E-state index contributed by atoms with van der Waals surface area (Å²) < 4.78 is 56.8. The lowest BCUT2D eigenvalue weighted by atomic mass is 10.1. The average molecular weight is 345 g/mol. The van der Waals surface area contributed by atoms with Gasteiger partial charge in [0.2, 0.25) is 5.89 Å². The van der Waals surface area contributed by atoms with E-state index in [1.807, 2.05) is 0 Å². The van der Waals surface area contributed by atoms with Crippen molar-refractivity contribution >= 4 is 5.96 Å². The number of aromatic nitrogens is 2. The number of alkyl halides is 3. The SMILES string of the molecule is CN=C(NCc1nc(C)no1)NCc1ccc(F)cc1C(F)(F)F. The minimum Gasteiger partial charge on any atom is -0.352 e. The summed E-state index contributed by atoms with van der Waals surface area (Å²) in [6, 6.07) is 2.53. The molecule has 0 saturated carbocycles. The fourth-order valence-corrected chi connectivity index (χ4v) is 1.94. The van der Waals surface area contributed by atoms with Gasteiger partial charge < -0.3 is 15.2 Å². The van der Waals surface area contributed by atoms with E-state index in [1.54, 1.807) is 6.92 Å². The molecule has 1 heterocycles. The highest BCUT2D eigenvalue weighted by molar-refractivity contribution is 5.79. The van der Waals surface area contributed by atoms with Crippen molar-refractivity contribution in [1.82, 2.24) is 20.8 Å². The van der Waals surface area contributed by atoms with Crippen LogP contribution in [0.3, 0.4) is 0 Å². The molecule has 0 bridgehead atoms. The highest BCUT2D eigenvalue weighted by atomic mass is 19.4. The monoisotopic (exact) mass is 345 g/mol. The van der Waals surface area contributed by atoms with Crippen molar-refractivity contribution in [3.63, 3.8) is 0 Å². The van der Waals surface area contributed by atoms with Gasteiger partial charge in [-0.25, -0.2) is 4.39 Å². The number of hydrogen-bond donors (Lipinski definition) is 2. The lowest BCUT2D eigenvalue weighted by molar-refractivity contribution is -0.138. The van der Waals surface area contributed by atoms with Crippen LogP contribution in [0.2, 0.25) is 0 Å². The number of rotatable bonds is 4. The van der Waals surface area contributed by atoms with Gasteiger partial charge in [0, 0.05) is 13.6 Å². The van der Waals surface area contributed by atoms with Crippen LogP contribution < -0.4 is 10.6 Å². The van der Waals surface area contributed by atoms with Crippen LogP contribution in [0.5, 0.6) is 0 Å². The summed E-state index contributed by atoms with van der Waals surface area (Å²) in [5.41, 5.74) is -1.13. The summed E-state index contributed by atoms with van der Waals surface area (Å²) in [6.45, 7) is 1.64. The van der Waals surface area contributed by atoms with E-state index in [1.165, 1.54) is 7.05 Å². The third-order valence-corrected chi connectivity index (χ3v) is 3.02. The first-order valence-corrected chi connectivity index (χ1v) is 6.89. The predicted molar refractivity (Wildman–Crippen MR) is 77.5 cm³/mol. The number of nitrogens with one attached hydrogen (secondary N) is 2. The molecule has 0 atom stereocenters. The molecule has 0 aliphatic rings. The molecular formula is C14H15F4N5O. The lowest BCUT2D eigenvalue weighted by Gasteiger charge is -2.15. The maximum absolute atomic E-state index is 13.1. The van der Waals surface area contributed by atoms with E-state index >= 15 is 0 Å². The Labute approximate surface area is 135 Å². The zero-order valence-corrected chi connectivity index (χ0v) is 12.9. The second-order valence-corrected chi connectivity index (χ2v) is 4.81. The van der Waals surface area contributed by atoms with Crippen molar-refractivity contribution in [1.29, 1.82) is 0 Å². The number of aliphatic imine (C=N–C) groups is 1. The molecule has 2 rings (SSSR count). The van der Waals surface area contributed by atoms with Gasteiger partial charge in [-0.05, 0) is 24.6 Å². The van der Waals surface area contributed by atoms with E-state index in [4.69, 9.17) is 4.52 Å². The number of guanidine groups is 1. The van der Waals surface area contributed by atoms with Crippen LogP contribution in [0.25, 0.3) is 0 Å². The minimum absolute atomic E-state index is 0.0968. The molecule has 130 valence electrons. The quantitative estimate of drug-likeness (QED) is 0.506. The molecule has 0 aliphatic carbocycles. The molecule has 0 amide bonds. The van der Waals surface area contributed by atoms with E-state index in [-0.39, 0.29) is 24.6 Å². The van der Waals surface area contributed by atoms with Crippen LogP contribution in [0.15, 0.2) is 27.7 Å². The topological polar surface area (TPSA) is 75.3 Å². The van der Waals surface area contributed by atoms with Crippen LogP contribution in [0.1, 0.15) is 22.8 Å². The van der Waals surface area contributed by atoms with E-state index in [9.17, 15) is 17.6 Å². The highest BCUT2D eigenvalue weighted by Crippen LogP contribution is 2.32. The standard InChI is InChI=1S/C14H15F4N5O/c1-8-22-12(24-23-8)7-21-13(19-2)20-6-9-3-4-10(15)5-11(9)14(16,17)18/h3-5H,6-7H2,1-2H3,(H2,19,20,21). The molecule has 1 aromatic carbocycles. The van der Waals surface area contributed by atoms with Crippen LogP contribution in [-0.4, -0.2) is 23.1 Å². The largest absolute Gasteiger partial charge is 0.416 e. The molecule has 0 saturated heterocycles. The minimum atomic E-state index is -4.64.